The van der Waals surface area contributed by atoms with Crippen LogP contribution in [0.4, 0.5) is 13.2 Å². The Morgan fingerprint density at radius 1 is 1.03 bits per heavy atom. The Balaban J connectivity index is 1.87. The second-order valence-corrected chi connectivity index (χ2v) is 7.88. The minimum Gasteiger partial charge on any atom is -0.497 e. The number of nitrogens with one attached hydrogen (secondary N) is 2. The molecule has 3 rings (SSSR count). The molecule has 1 aromatic heterocycles. The Hall–Kier alpha value is -3.53. The van der Waals surface area contributed by atoms with Gasteiger partial charge >= 0.3 is 6.18 Å². The van der Waals surface area contributed by atoms with Gasteiger partial charge in [-0.15, -0.1) is 0 Å². The van der Waals surface area contributed by atoms with Crippen LogP contribution in [0.1, 0.15) is 21.6 Å². The fourth-order valence-electron chi connectivity index (χ4n) is 3.46. The third-order valence-electron chi connectivity index (χ3n) is 5.11. The lowest BCUT2D eigenvalue weighted by Crippen LogP contribution is -2.41. The van der Waals surface area contributed by atoms with Gasteiger partial charge in [-0.3, -0.25) is 19.0 Å². The molecule has 0 atom stereocenters. The van der Waals surface area contributed by atoms with E-state index in [4.69, 9.17) is 16.3 Å². The molecule has 3 aromatic rings. The normalized spacial score (nSPS) is 11.4. The van der Waals surface area contributed by atoms with Crippen molar-refractivity contribution in [3.8, 4) is 5.75 Å². The van der Waals surface area contributed by atoms with Gasteiger partial charge in [-0.1, -0.05) is 11.6 Å². The number of carbonyl (C=O) groups excluding carboxylic acids is 3. The zero-order valence-corrected chi connectivity index (χ0v) is 19.0. The molecule has 0 saturated carbocycles. The second-order valence-electron chi connectivity index (χ2n) is 7.44. The Labute approximate surface area is 197 Å². The number of hydrogen-bond acceptors (Lipinski definition) is 4. The van der Waals surface area contributed by atoms with Crippen molar-refractivity contribution in [1.29, 1.82) is 0 Å². The van der Waals surface area contributed by atoms with Crippen LogP contribution in [0.25, 0.3) is 10.9 Å². The number of carbonyl (C=O) groups is 3. The Morgan fingerprint density at radius 2 is 1.71 bits per heavy atom. The molecule has 0 aliphatic rings. The highest BCUT2D eigenvalue weighted by molar-refractivity contribution is 6.30. The molecule has 0 unspecified atom stereocenters. The molecule has 7 nitrogen and oxygen atoms in total. The minimum atomic E-state index is -4.55. The number of aromatic nitrogens is 1. The molecule has 0 aliphatic carbocycles. The first kappa shape index (κ1) is 25.1. The van der Waals surface area contributed by atoms with E-state index in [1.165, 1.54) is 11.7 Å². The molecule has 2 amide bonds. The van der Waals surface area contributed by atoms with Crippen molar-refractivity contribution in [2.24, 2.45) is 0 Å². The monoisotopic (exact) mass is 495 g/mol. The molecule has 11 heteroatoms. The summed E-state index contributed by atoms with van der Waals surface area (Å²) in [5.41, 5.74) is 1.95. The maximum atomic E-state index is 13.3. The molecule has 1 heterocycles. The number of nitrogens with zero attached hydrogens (tertiary/aromatic N) is 1. The lowest BCUT2D eigenvalue weighted by molar-refractivity contribution is -0.138. The van der Waals surface area contributed by atoms with Crippen molar-refractivity contribution < 1.29 is 32.3 Å². The summed E-state index contributed by atoms with van der Waals surface area (Å²) in [7, 11) is 1.48. The smallest absolute Gasteiger partial charge is 0.405 e. The van der Waals surface area contributed by atoms with Crippen LogP contribution in [-0.4, -0.2) is 48.7 Å². The number of amides is 2. The van der Waals surface area contributed by atoms with Gasteiger partial charge in [0.2, 0.25) is 11.8 Å². The lowest BCUT2D eigenvalue weighted by atomic mass is 10.1. The number of rotatable bonds is 7. The van der Waals surface area contributed by atoms with Crippen LogP contribution in [0.15, 0.2) is 42.5 Å². The largest absolute Gasteiger partial charge is 0.497 e. The van der Waals surface area contributed by atoms with Gasteiger partial charge in [0, 0.05) is 21.7 Å². The molecule has 0 aliphatic heterocycles. The van der Waals surface area contributed by atoms with Crippen molar-refractivity contribution in [2.45, 2.75) is 19.5 Å². The Kier molecular flexibility index (Phi) is 7.51. The highest BCUT2D eigenvalue weighted by Gasteiger charge is 2.28. The first-order valence-corrected chi connectivity index (χ1v) is 10.5. The predicted octanol–water partition coefficient (Wildman–Crippen LogP) is 3.64. The molecule has 0 saturated heterocycles. The van der Waals surface area contributed by atoms with E-state index in [0.29, 0.717) is 38.5 Å². The number of benzene rings is 2. The summed E-state index contributed by atoms with van der Waals surface area (Å²) in [6.45, 7) is -0.417. The first-order chi connectivity index (χ1) is 16.0. The van der Waals surface area contributed by atoms with Crippen molar-refractivity contribution >= 4 is 40.2 Å². The number of fused-ring (bicyclic) bond motifs is 1. The van der Waals surface area contributed by atoms with Gasteiger partial charge in [0.25, 0.3) is 5.91 Å². The van der Waals surface area contributed by atoms with E-state index in [1.807, 2.05) is 0 Å². The van der Waals surface area contributed by atoms with Crippen LogP contribution in [0.5, 0.6) is 5.75 Å². The van der Waals surface area contributed by atoms with E-state index in [2.05, 4.69) is 5.32 Å². The quantitative estimate of drug-likeness (QED) is 0.524. The van der Waals surface area contributed by atoms with Gasteiger partial charge in [0.1, 0.15) is 12.3 Å². The fraction of sp³-hybridized carbons (Fsp3) is 0.261. The fourth-order valence-corrected chi connectivity index (χ4v) is 3.58. The van der Waals surface area contributed by atoms with Crippen molar-refractivity contribution in [2.75, 3.05) is 20.2 Å². The summed E-state index contributed by atoms with van der Waals surface area (Å²) in [6, 6.07) is 11.4. The van der Waals surface area contributed by atoms with Crippen LogP contribution >= 0.6 is 11.6 Å². The first-order valence-electron chi connectivity index (χ1n) is 10.1. The number of ether oxygens (including phenoxy) is 1. The standard InChI is InChI=1S/C23H21ClF3N3O4/c1-13-17(10-20(31)28-11-21(32)29-12-23(25,26)27)18-9-16(34-2)7-8-19(18)30(13)22(33)14-3-5-15(24)6-4-14/h3-9H,10-12H2,1-2H3,(H,28,31)(H,29,32). The summed E-state index contributed by atoms with van der Waals surface area (Å²) >= 11 is 5.92. The Morgan fingerprint density at radius 3 is 2.32 bits per heavy atom. The van der Waals surface area contributed by atoms with E-state index in [1.54, 1.807) is 54.7 Å². The highest BCUT2D eigenvalue weighted by Crippen LogP contribution is 2.30. The average molecular weight is 496 g/mol. The van der Waals surface area contributed by atoms with E-state index in [-0.39, 0.29) is 12.3 Å². The number of methoxy groups -OCH3 is 1. The van der Waals surface area contributed by atoms with Gasteiger partial charge in [-0.05, 0) is 55.0 Å². The van der Waals surface area contributed by atoms with Crippen LogP contribution in [0.2, 0.25) is 5.02 Å². The highest BCUT2D eigenvalue weighted by atomic mass is 35.5. The molecule has 0 bridgehead atoms. The van der Waals surface area contributed by atoms with Crippen LogP contribution in [0.3, 0.4) is 0 Å². The molecule has 2 aromatic carbocycles. The van der Waals surface area contributed by atoms with E-state index >= 15 is 0 Å². The van der Waals surface area contributed by atoms with E-state index in [0.717, 1.165) is 0 Å². The van der Waals surface area contributed by atoms with Crippen LogP contribution in [0, 0.1) is 6.92 Å². The molecule has 0 radical (unpaired) electrons. The van der Waals surface area contributed by atoms with Gasteiger partial charge in [-0.25, -0.2) is 0 Å². The van der Waals surface area contributed by atoms with Crippen LogP contribution < -0.4 is 15.4 Å². The maximum Gasteiger partial charge on any atom is 0.405 e. The van der Waals surface area contributed by atoms with E-state index < -0.39 is 31.1 Å². The zero-order chi connectivity index (χ0) is 25.0. The average Bonchev–Trinajstić information content (AvgIpc) is 3.06. The number of halogens is 4. The van der Waals surface area contributed by atoms with Gasteiger partial charge in [-0.2, -0.15) is 13.2 Å². The van der Waals surface area contributed by atoms with Gasteiger partial charge in [0.05, 0.1) is 25.6 Å². The predicted molar refractivity (Wildman–Crippen MR) is 120 cm³/mol. The minimum absolute atomic E-state index is 0.205. The summed E-state index contributed by atoms with van der Waals surface area (Å²) in [6.07, 6.45) is -4.75. The van der Waals surface area contributed by atoms with Crippen molar-refractivity contribution in [3.63, 3.8) is 0 Å². The molecular formula is C23H21ClF3N3O4. The van der Waals surface area contributed by atoms with Gasteiger partial charge < -0.3 is 15.4 Å². The zero-order valence-electron chi connectivity index (χ0n) is 18.3. The third-order valence-corrected chi connectivity index (χ3v) is 5.36. The maximum absolute atomic E-state index is 13.3. The number of alkyl halides is 3. The molecule has 180 valence electrons. The molecule has 0 spiro atoms. The summed E-state index contributed by atoms with van der Waals surface area (Å²) in [5.74, 6) is -1.38. The molecule has 0 fully saturated rings. The number of hydrogen-bond donors (Lipinski definition) is 2. The van der Waals surface area contributed by atoms with Gasteiger partial charge in [0.15, 0.2) is 0 Å². The SMILES string of the molecule is COc1ccc2c(c1)c(CC(=O)NCC(=O)NCC(F)(F)F)c(C)n2C(=O)c1ccc(Cl)cc1. The summed E-state index contributed by atoms with van der Waals surface area (Å²) in [5, 5.41) is 5.06. The van der Waals surface area contributed by atoms with Crippen LogP contribution in [-0.2, 0) is 16.0 Å². The molecule has 2 N–H and O–H groups in total. The summed E-state index contributed by atoms with van der Waals surface area (Å²) in [4.78, 5) is 37.3. The Bertz CT molecular complexity index is 1240. The summed E-state index contributed by atoms with van der Waals surface area (Å²) < 4.78 is 43.4. The molecular weight excluding hydrogens is 475 g/mol. The third kappa shape index (κ3) is 5.88. The van der Waals surface area contributed by atoms with Crippen molar-refractivity contribution in [1.82, 2.24) is 15.2 Å². The second kappa shape index (κ2) is 10.2. The lowest BCUT2D eigenvalue weighted by Gasteiger charge is -2.10. The van der Waals surface area contributed by atoms with Crippen molar-refractivity contribution in [3.05, 3.63) is 64.3 Å². The van der Waals surface area contributed by atoms with E-state index in [9.17, 15) is 27.6 Å². The topological polar surface area (TPSA) is 89.4 Å². The molecule has 34 heavy (non-hydrogen) atoms.